The van der Waals surface area contributed by atoms with Crippen LogP contribution in [0, 0.1) is 5.92 Å². The summed E-state index contributed by atoms with van der Waals surface area (Å²) >= 11 is 0. The van der Waals surface area contributed by atoms with E-state index in [-0.39, 0.29) is 0 Å². The number of piperidine rings is 2. The predicted molar refractivity (Wildman–Crippen MR) is 86.8 cm³/mol. The van der Waals surface area contributed by atoms with Gasteiger partial charge < -0.3 is 15.1 Å². The van der Waals surface area contributed by atoms with E-state index in [1.807, 2.05) is 0 Å². The van der Waals surface area contributed by atoms with Crippen molar-refractivity contribution in [1.82, 2.24) is 14.9 Å². The lowest BCUT2D eigenvalue weighted by Crippen LogP contribution is -2.33. The highest BCUT2D eigenvalue weighted by Crippen LogP contribution is 2.20. The van der Waals surface area contributed by atoms with Gasteiger partial charge in [0.05, 0.1) is 0 Å². The van der Waals surface area contributed by atoms with Crippen LogP contribution in [0.15, 0.2) is 12.4 Å². The second kappa shape index (κ2) is 7.07. The molecule has 2 fully saturated rings. The summed E-state index contributed by atoms with van der Waals surface area (Å²) in [5, 5.41) is 3.51. The number of hydrogen-bond donors (Lipinski definition) is 1. The van der Waals surface area contributed by atoms with Crippen LogP contribution in [0.5, 0.6) is 0 Å². The zero-order valence-corrected chi connectivity index (χ0v) is 13.1. The fraction of sp³-hybridized carbons (Fsp3) is 0.750. The largest absolute Gasteiger partial charge is 0.370 e. The quantitative estimate of drug-likeness (QED) is 0.921. The molecule has 2 aliphatic rings. The number of nitrogens with one attached hydrogen (secondary N) is 1. The fourth-order valence-corrected chi connectivity index (χ4v) is 3.25. The lowest BCUT2D eigenvalue weighted by Gasteiger charge is -2.29. The highest BCUT2D eigenvalue weighted by Gasteiger charge is 2.17. The van der Waals surface area contributed by atoms with Gasteiger partial charge in [-0.15, -0.1) is 0 Å². The van der Waals surface area contributed by atoms with Crippen LogP contribution >= 0.6 is 0 Å². The number of hydrogen-bond acceptors (Lipinski definition) is 5. The Labute approximate surface area is 127 Å². The Bertz CT molecular complexity index is 436. The van der Waals surface area contributed by atoms with E-state index in [1.165, 1.54) is 45.2 Å². The van der Waals surface area contributed by atoms with Crippen molar-refractivity contribution in [3.63, 3.8) is 0 Å². The molecule has 2 aliphatic heterocycles. The zero-order chi connectivity index (χ0) is 14.5. The molecule has 1 aromatic heterocycles. The molecule has 1 aromatic rings. The first-order valence-corrected chi connectivity index (χ1v) is 8.30. The summed E-state index contributed by atoms with van der Waals surface area (Å²) < 4.78 is 0. The van der Waals surface area contributed by atoms with E-state index in [0.29, 0.717) is 0 Å². The summed E-state index contributed by atoms with van der Waals surface area (Å²) in [7, 11) is 2.21. The third-order valence-corrected chi connectivity index (χ3v) is 4.74. The van der Waals surface area contributed by atoms with Gasteiger partial charge in [0.25, 0.3) is 0 Å². The standard InChI is InChI=1S/C16H27N5/c1-20-9-5-14(6-10-20)12-17-15-11-16(19-13-18-15)21-7-3-2-4-8-21/h11,13-14H,2-10,12H2,1H3,(H,17,18,19). The SMILES string of the molecule is CN1CCC(CNc2cc(N3CCCCC3)ncn2)CC1. The molecular formula is C16H27N5. The van der Waals surface area contributed by atoms with Gasteiger partial charge >= 0.3 is 0 Å². The molecule has 0 saturated carbocycles. The average Bonchev–Trinajstić information content (AvgIpc) is 2.55. The molecular weight excluding hydrogens is 262 g/mol. The van der Waals surface area contributed by atoms with E-state index in [1.54, 1.807) is 6.33 Å². The zero-order valence-electron chi connectivity index (χ0n) is 13.1. The minimum absolute atomic E-state index is 0.773. The van der Waals surface area contributed by atoms with Crippen LogP contribution in [-0.2, 0) is 0 Å². The molecule has 0 spiro atoms. The Hall–Kier alpha value is -1.36. The Morgan fingerprint density at radius 3 is 2.62 bits per heavy atom. The van der Waals surface area contributed by atoms with Gasteiger partial charge in [-0.3, -0.25) is 0 Å². The molecule has 116 valence electrons. The summed E-state index contributed by atoms with van der Waals surface area (Å²) in [5.41, 5.74) is 0. The molecule has 0 amide bonds. The molecule has 1 N–H and O–H groups in total. The normalized spacial score (nSPS) is 21.5. The van der Waals surface area contributed by atoms with Crippen molar-refractivity contribution < 1.29 is 0 Å². The van der Waals surface area contributed by atoms with Crippen LogP contribution in [0.1, 0.15) is 32.1 Å². The number of nitrogens with zero attached hydrogens (tertiary/aromatic N) is 4. The Morgan fingerprint density at radius 2 is 1.86 bits per heavy atom. The fourth-order valence-electron chi connectivity index (χ4n) is 3.25. The van der Waals surface area contributed by atoms with Crippen molar-refractivity contribution >= 4 is 11.6 Å². The van der Waals surface area contributed by atoms with Crippen LogP contribution in [0.25, 0.3) is 0 Å². The first-order chi connectivity index (χ1) is 10.3. The summed E-state index contributed by atoms with van der Waals surface area (Å²) in [6.07, 6.45) is 8.18. The molecule has 0 radical (unpaired) electrons. The molecule has 0 bridgehead atoms. The highest BCUT2D eigenvalue weighted by molar-refractivity contribution is 5.48. The van der Waals surface area contributed by atoms with E-state index >= 15 is 0 Å². The third kappa shape index (κ3) is 4.06. The maximum Gasteiger partial charge on any atom is 0.134 e. The Kier molecular flexibility index (Phi) is 4.91. The smallest absolute Gasteiger partial charge is 0.134 e. The summed E-state index contributed by atoms with van der Waals surface area (Å²) in [6.45, 7) is 5.73. The summed E-state index contributed by atoms with van der Waals surface area (Å²) in [4.78, 5) is 13.6. The van der Waals surface area contributed by atoms with Crippen LogP contribution in [0.3, 0.4) is 0 Å². The van der Waals surface area contributed by atoms with E-state index < -0.39 is 0 Å². The van der Waals surface area contributed by atoms with E-state index in [4.69, 9.17) is 0 Å². The Balaban J connectivity index is 1.53. The van der Waals surface area contributed by atoms with Crippen LogP contribution in [0.2, 0.25) is 0 Å². The van der Waals surface area contributed by atoms with Gasteiger partial charge in [0.15, 0.2) is 0 Å². The Morgan fingerprint density at radius 1 is 1.10 bits per heavy atom. The lowest BCUT2D eigenvalue weighted by molar-refractivity contribution is 0.226. The molecule has 3 rings (SSSR count). The van der Waals surface area contributed by atoms with Gasteiger partial charge in [0.1, 0.15) is 18.0 Å². The summed E-state index contributed by atoms with van der Waals surface area (Å²) in [6, 6.07) is 2.11. The molecule has 0 unspecified atom stereocenters. The molecule has 5 nitrogen and oxygen atoms in total. The monoisotopic (exact) mass is 289 g/mol. The summed E-state index contributed by atoms with van der Waals surface area (Å²) in [5.74, 6) is 2.83. The van der Waals surface area contributed by atoms with Gasteiger partial charge in [-0.2, -0.15) is 0 Å². The number of aromatic nitrogens is 2. The maximum absolute atomic E-state index is 4.44. The second-order valence-electron chi connectivity index (χ2n) is 6.44. The minimum Gasteiger partial charge on any atom is -0.370 e. The molecule has 5 heteroatoms. The minimum atomic E-state index is 0.773. The number of likely N-dealkylation sites (tertiary alicyclic amines) is 1. The van der Waals surface area contributed by atoms with Crippen LogP contribution in [0.4, 0.5) is 11.6 Å². The van der Waals surface area contributed by atoms with Gasteiger partial charge in [-0.25, -0.2) is 9.97 Å². The lowest BCUT2D eigenvalue weighted by atomic mass is 9.97. The molecule has 0 atom stereocenters. The molecule has 0 aromatic carbocycles. The highest BCUT2D eigenvalue weighted by atomic mass is 15.2. The first kappa shape index (κ1) is 14.6. The first-order valence-electron chi connectivity index (χ1n) is 8.30. The van der Waals surface area contributed by atoms with Crippen molar-refractivity contribution in [3.05, 3.63) is 12.4 Å². The van der Waals surface area contributed by atoms with E-state index in [2.05, 4.69) is 38.2 Å². The van der Waals surface area contributed by atoms with Crippen molar-refractivity contribution in [2.45, 2.75) is 32.1 Å². The van der Waals surface area contributed by atoms with Gasteiger partial charge in [0.2, 0.25) is 0 Å². The number of rotatable bonds is 4. The van der Waals surface area contributed by atoms with Crippen molar-refractivity contribution in [2.75, 3.05) is 50.0 Å². The topological polar surface area (TPSA) is 44.3 Å². The maximum atomic E-state index is 4.44. The van der Waals surface area contributed by atoms with E-state index in [9.17, 15) is 0 Å². The van der Waals surface area contributed by atoms with Crippen LogP contribution in [-0.4, -0.2) is 54.6 Å². The van der Waals surface area contributed by atoms with Crippen LogP contribution < -0.4 is 10.2 Å². The molecule has 2 saturated heterocycles. The molecule has 0 aliphatic carbocycles. The van der Waals surface area contributed by atoms with Crippen molar-refractivity contribution in [2.24, 2.45) is 5.92 Å². The van der Waals surface area contributed by atoms with Gasteiger partial charge in [0, 0.05) is 25.7 Å². The average molecular weight is 289 g/mol. The van der Waals surface area contributed by atoms with Crippen molar-refractivity contribution in [3.8, 4) is 0 Å². The third-order valence-electron chi connectivity index (χ3n) is 4.74. The molecule has 3 heterocycles. The number of anilines is 2. The van der Waals surface area contributed by atoms with Gasteiger partial charge in [-0.05, 0) is 58.2 Å². The van der Waals surface area contributed by atoms with Crippen molar-refractivity contribution in [1.29, 1.82) is 0 Å². The second-order valence-corrected chi connectivity index (χ2v) is 6.44. The molecule has 21 heavy (non-hydrogen) atoms. The van der Waals surface area contributed by atoms with E-state index in [0.717, 1.165) is 37.2 Å². The van der Waals surface area contributed by atoms with Gasteiger partial charge in [-0.1, -0.05) is 0 Å². The predicted octanol–water partition coefficient (Wildman–Crippen LogP) is 2.22.